The summed E-state index contributed by atoms with van der Waals surface area (Å²) in [6.07, 6.45) is 9.06. The van der Waals surface area contributed by atoms with Gasteiger partial charge in [0, 0.05) is 22.6 Å². The van der Waals surface area contributed by atoms with Gasteiger partial charge in [0.2, 0.25) is 11.8 Å². The van der Waals surface area contributed by atoms with Gasteiger partial charge in [-0.05, 0) is 85.2 Å². The van der Waals surface area contributed by atoms with E-state index >= 15 is 0 Å². The van der Waals surface area contributed by atoms with Crippen molar-refractivity contribution < 1.29 is 19.2 Å². The number of amides is 4. The fourth-order valence-electron chi connectivity index (χ4n) is 6.73. The molecule has 0 saturated carbocycles. The summed E-state index contributed by atoms with van der Waals surface area (Å²) in [5, 5.41) is 6.97. The fourth-order valence-corrected chi connectivity index (χ4v) is 9.43. The highest BCUT2D eigenvalue weighted by Crippen LogP contribution is 2.47. The summed E-state index contributed by atoms with van der Waals surface area (Å²) in [5.74, 6) is -0.335. The number of carbonyl (C=O) groups excluding carboxylic acids is 4. The molecule has 44 heavy (non-hydrogen) atoms. The molecule has 2 aliphatic rings. The lowest BCUT2D eigenvalue weighted by atomic mass is 9.69. The van der Waals surface area contributed by atoms with Crippen molar-refractivity contribution in [3.05, 3.63) is 32.0 Å². The first-order chi connectivity index (χ1) is 20.7. The number of rotatable bonds is 13. The SMILES string of the molecule is CCC(C)(C)[C@@H]1CCc2c(sc(NC(=O)CCCCC(=O)Nc3sc4c(c3C(N)=O)CC[C@@H](C(C)(C)CC)C4)c2C(N)=O)C1. The lowest BCUT2D eigenvalue weighted by Gasteiger charge is -2.36. The summed E-state index contributed by atoms with van der Waals surface area (Å²) in [4.78, 5) is 52.7. The van der Waals surface area contributed by atoms with Crippen LogP contribution in [0, 0.1) is 22.7 Å². The lowest BCUT2D eigenvalue weighted by molar-refractivity contribution is -0.118. The third-order valence-corrected chi connectivity index (χ3v) is 13.0. The molecule has 0 bridgehead atoms. The van der Waals surface area contributed by atoms with Crippen LogP contribution in [0.2, 0.25) is 0 Å². The van der Waals surface area contributed by atoms with Gasteiger partial charge in [0.15, 0.2) is 0 Å². The van der Waals surface area contributed by atoms with E-state index in [0.717, 1.165) is 72.2 Å². The number of hydrogen-bond donors (Lipinski definition) is 4. The van der Waals surface area contributed by atoms with Crippen molar-refractivity contribution in [2.45, 2.75) is 119 Å². The van der Waals surface area contributed by atoms with Gasteiger partial charge in [-0.15, -0.1) is 22.7 Å². The van der Waals surface area contributed by atoms with Gasteiger partial charge in [0.05, 0.1) is 11.1 Å². The van der Waals surface area contributed by atoms with Crippen LogP contribution in [-0.2, 0) is 35.3 Å². The molecule has 4 amide bonds. The van der Waals surface area contributed by atoms with Crippen LogP contribution in [0.1, 0.15) is 135 Å². The molecule has 0 radical (unpaired) electrons. The molecular formula is C34H50N4O4S2. The maximum Gasteiger partial charge on any atom is 0.251 e. The minimum Gasteiger partial charge on any atom is -0.365 e. The molecule has 8 nitrogen and oxygen atoms in total. The fraction of sp³-hybridized carbons (Fsp3) is 0.647. The summed E-state index contributed by atoms with van der Waals surface area (Å²) >= 11 is 2.96. The van der Waals surface area contributed by atoms with Gasteiger partial charge in [-0.2, -0.15) is 0 Å². The Morgan fingerprint density at radius 3 is 1.39 bits per heavy atom. The van der Waals surface area contributed by atoms with E-state index in [-0.39, 0.29) is 35.5 Å². The van der Waals surface area contributed by atoms with E-state index in [1.54, 1.807) is 0 Å². The van der Waals surface area contributed by atoms with E-state index in [1.165, 1.54) is 22.7 Å². The Morgan fingerprint density at radius 2 is 1.07 bits per heavy atom. The maximum absolute atomic E-state index is 12.8. The van der Waals surface area contributed by atoms with E-state index in [9.17, 15) is 19.2 Å². The number of fused-ring (bicyclic) bond motifs is 2. The molecular weight excluding hydrogens is 593 g/mol. The third kappa shape index (κ3) is 7.39. The smallest absolute Gasteiger partial charge is 0.251 e. The molecule has 10 heteroatoms. The molecule has 2 heterocycles. The monoisotopic (exact) mass is 642 g/mol. The summed E-state index contributed by atoms with van der Waals surface area (Å²) in [6, 6.07) is 0. The quantitative estimate of drug-likeness (QED) is 0.171. The molecule has 0 spiro atoms. The van der Waals surface area contributed by atoms with Crippen molar-refractivity contribution >= 4 is 56.3 Å². The summed E-state index contributed by atoms with van der Waals surface area (Å²) < 4.78 is 0. The van der Waals surface area contributed by atoms with E-state index in [0.29, 0.717) is 45.8 Å². The number of anilines is 2. The average molecular weight is 643 g/mol. The van der Waals surface area contributed by atoms with Crippen LogP contribution in [0.3, 0.4) is 0 Å². The van der Waals surface area contributed by atoms with Crippen LogP contribution in [0.15, 0.2) is 0 Å². The van der Waals surface area contributed by atoms with Crippen molar-refractivity contribution in [1.82, 2.24) is 0 Å². The van der Waals surface area contributed by atoms with Crippen molar-refractivity contribution in [3.8, 4) is 0 Å². The van der Waals surface area contributed by atoms with Gasteiger partial charge in [-0.3, -0.25) is 19.2 Å². The van der Waals surface area contributed by atoms with Crippen LogP contribution >= 0.6 is 22.7 Å². The molecule has 0 aliphatic heterocycles. The van der Waals surface area contributed by atoms with E-state index in [1.807, 2.05) is 0 Å². The average Bonchev–Trinajstić information content (AvgIpc) is 3.51. The Hall–Kier alpha value is -2.72. The highest BCUT2D eigenvalue weighted by molar-refractivity contribution is 7.17. The zero-order valence-electron chi connectivity index (χ0n) is 27.2. The molecule has 242 valence electrons. The lowest BCUT2D eigenvalue weighted by Crippen LogP contribution is -2.29. The second kappa shape index (κ2) is 13.7. The zero-order valence-corrected chi connectivity index (χ0v) is 28.9. The first kappa shape index (κ1) is 34.2. The second-order valence-corrected chi connectivity index (χ2v) is 16.2. The predicted molar refractivity (Wildman–Crippen MR) is 181 cm³/mol. The maximum atomic E-state index is 12.8. The van der Waals surface area contributed by atoms with Gasteiger partial charge >= 0.3 is 0 Å². The van der Waals surface area contributed by atoms with Crippen LogP contribution in [0.25, 0.3) is 0 Å². The molecule has 0 saturated heterocycles. The summed E-state index contributed by atoms with van der Waals surface area (Å²) in [7, 11) is 0. The Bertz CT molecular complexity index is 1310. The molecule has 2 aromatic heterocycles. The van der Waals surface area contributed by atoms with Gasteiger partial charge in [-0.1, -0.05) is 54.4 Å². The molecule has 6 N–H and O–H groups in total. The summed E-state index contributed by atoms with van der Waals surface area (Å²) in [5.41, 5.74) is 14.8. The standard InChI is InChI=1S/C34H50N4O4S2/c1-7-33(3,4)19-13-15-21-23(17-19)43-31(27(21)29(35)41)37-25(39)11-9-10-12-26(40)38-32-28(30(36)42)22-16-14-20(18-24(22)44-32)34(5,6)8-2/h19-20H,7-18H2,1-6H3,(H2,35,41)(H2,36,42)(H,37,39)(H,38,40)/t19-,20-/m1/s1. The van der Waals surface area contributed by atoms with Crippen LogP contribution in [-0.4, -0.2) is 23.6 Å². The van der Waals surface area contributed by atoms with Gasteiger partial charge in [-0.25, -0.2) is 0 Å². The van der Waals surface area contributed by atoms with E-state index < -0.39 is 11.8 Å². The number of primary amides is 2. The predicted octanol–water partition coefficient (Wildman–Crippen LogP) is 7.23. The highest BCUT2D eigenvalue weighted by Gasteiger charge is 2.36. The van der Waals surface area contributed by atoms with Gasteiger partial charge in [0.1, 0.15) is 10.0 Å². The van der Waals surface area contributed by atoms with E-state index in [4.69, 9.17) is 11.5 Å². The Balaban J connectivity index is 1.31. The largest absolute Gasteiger partial charge is 0.365 e. The van der Waals surface area contributed by atoms with Gasteiger partial charge < -0.3 is 22.1 Å². The molecule has 2 atom stereocenters. The molecule has 0 aromatic carbocycles. The molecule has 4 rings (SSSR count). The number of thiophene rings is 2. The molecule has 2 aliphatic carbocycles. The molecule has 0 fully saturated rings. The first-order valence-corrected chi connectivity index (χ1v) is 17.8. The van der Waals surface area contributed by atoms with E-state index in [2.05, 4.69) is 52.2 Å². The number of nitrogens with one attached hydrogen (secondary N) is 2. The molecule has 2 aromatic rings. The highest BCUT2D eigenvalue weighted by atomic mass is 32.1. The first-order valence-electron chi connectivity index (χ1n) is 16.2. The number of hydrogen-bond acceptors (Lipinski definition) is 6. The Morgan fingerprint density at radius 1 is 0.705 bits per heavy atom. The topological polar surface area (TPSA) is 144 Å². The van der Waals surface area contributed by atoms with Crippen LogP contribution in [0.4, 0.5) is 10.0 Å². The number of carbonyl (C=O) groups is 4. The Labute approximate surface area is 270 Å². The van der Waals surface area contributed by atoms with Crippen LogP contribution in [0.5, 0.6) is 0 Å². The Kier molecular flexibility index (Phi) is 10.7. The van der Waals surface area contributed by atoms with Crippen molar-refractivity contribution in [3.63, 3.8) is 0 Å². The van der Waals surface area contributed by atoms with Crippen molar-refractivity contribution in [2.75, 3.05) is 10.6 Å². The minimum atomic E-state index is -0.502. The zero-order chi connectivity index (χ0) is 32.4. The summed E-state index contributed by atoms with van der Waals surface area (Å²) in [6.45, 7) is 13.6. The molecule has 0 unspecified atom stereocenters. The van der Waals surface area contributed by atoms with Gasteiger partial charge in [0.25, 0.3) is 11.8 Å². The van der Waals surface area contributed by atoms with Crippen molar-refractivity contribution in [2.24, 2.45) is 34.1 Å². The second-order valence-electron chi connectivity index (χ2n) is 14.0. The van der Waals surface area contributed by atoms with Crippen molar-refractivity contribution in [1.29, 1.82) is 0 Å². The third-order valence-electron chi connectivity index (χ3n) is 10.6. The normalized spacial score (nSPS) is 18.3. The number of nitrogens with two attached hydrogens (primary N) is 2. The minimum absolute atomic E-state index is 0.191. The van der Waals surface area contributed by atoms with Crippen LogP contribution < -0.4 is 22.1 Å². The number of unbranched alkanes of at least 4 members (excludes halogenated alkanes) is 1.